The number of carbonyl (C=O) groups is 1. The first-order valence-electron chi connectivity index (χ1n) is 10.8. The molecule has 1 aliphatic carbocycles. The average molecular weight is 455 g/mol. The lowest BCUT2D eigenvalue weighted by molar-refractivity contribution is -0.123. The second-order valence-corrected chi connectivity index (χ2v) is 9.36. The van der Waals surface area contributed by atoms with Gasteiger partial charge in [0, 0.05) is 46.7 Å². The van der Waals surface area contributed by atoms with Crippen molar-refractivity contribution < 1.29 is 4.79 Å². The predicted octanol–water partition coefficient (Wildman–Crippen LogP) is 5.60. The van der Waals surface area contributed by atoms with Crippen LogP contribution in [0.5, 0.6) is 0 Å². The molecule has 2 aromatic carbocycles. The molecule has 5 rings (SSSR count). The minimum Gasteiger partial charge on any atom is -0.356 e. The van der Waals surface area contributed by atoms with Crippen LogP contribution in [-0.4, -0.2) is 35.5 Å². The quantitative estimate of drug-likeness (QED) is 0.503. The van der Waals surface area contributed by atoms with Gasteiger partial charge in [0.05, 0.1) is 5.52 Å². The molecule has 0 N–H and O–H groups in total. The third kappa shape index (κ3) is 4.48. The molecule has 1 saturated carbocycles. The summed E-state index contributed by atoms with van der Waals surface area (Å²) in [6.07, 6.45) is 5.63. The summed E-state index contributed by atoms with van der Waals surface area (Å²) < 4.78 is 0. The average Bonchev–Trinajstić information content (AvgIpc) is 3.61. The summed E-state index contributed by atoms with van der Waals surface area (Å²) in [4.78, 5) is 26.6. The van der Waals surface area contributed by atoms with Crippen LogP contribution in [0.15, 0.2) is 48.8 Å². The molecule has 0 bridgehead atoms. The second-order valence-electron chi connectivity index (χ2n) is 8.49. The first-order chi connectivity index (χ1) is 15.1. The molecular formula is C24H24Cl2N4O. The molecule has 31 heavy (non-hydrogen) atoms. The zero-order chi connectivity index (χ0) is 21.4. The van der Waals surface area contributed by atoms with Crippen molar-refractivity contribution in [1.82, 2.24) is 9.97 Å². The molecule has 1 saturated heterocycles. The van der Waals surface area contributed by atoms with Gasteiger partial charge in [-0.25, -0.2) is 9.97 Å². The van der Waals surface area contributed by atoms with Gasteiger partial charge in [-0.15, -0.1) is 0 Å². The number of amides is 1. The Hall–Kier alpha value is -2.37. The lowest BCUT2D eigenvalue weighted by Crippen LogP contribution is -2.43. The summed E-state index contributed by atoms with van der Waals surface area (Å²) in [7, 11) is 0. The molecule has 1 aromatic heterocycles. The summed E-state index contributed by atoms with van der Waals surface area (Å²) in [5.74, 6) is 1.79. The fourth-order valence-electron chi connectivity index (χ4n) is 4.33. The van der Waals surface area contributed by atoms with Crippen molar-refractivity contribution in [2.75, 3.05) is 29.4 Å². The van der Waals surface area contributed by atoms with Gasteiger partial charge in [0.1, 0.15) is 12.1 Å². The highest BCUT2D eigenvalue weighted by Gasteiger charge is 2.33. The van der Waals surface area contributed by atoms with Crippen LogP contribution in [0, 0.1) is 11.8 Å². The van der Waals surface area contributed by atoms with Crippen molar-refractivity contribution in [1.29, 1.82) is 0 Å². The molecule has 0 unspecified atom stereocenters. The molecule has 1 amide bonds. The topological polar surface area (TPSA) is 49.3 Å². The zero-order valence-electron chi connectivity index (χ0n) is 17.2. The number of anilines is 2. The van der Waals surface area contributed by atoms with E-state index in [0.29, 0.717) is 16.0 Å². The molecule has 2 fully saturated rings. The minimum absolute atomic E-state index is 0.0215. The van der Waals surface area contributed by atoms with Gasteiger partial charge in [-0.1, -0.05) is 23.2 Å². The lowest BCUT2D eigenvalue weighted by atomic mass is 9.94. The van der Waals surface area contributed by atoms with Crippen LogP contribution in [0.4, 0.5) is 11.5 Å². The van der Waals surface area contributed by atoms with Crippen LogP contribution in [0.1, 0.15) is 25.7 Å². The number of hydrogen-bond acceptors (Lipinski definition) is 4. The van der Waals surface area contributed by atoms with Gasteiger partial charge in [-0.3, -0.25) is 4.79 Å². The van der Waals surface area contributed by atoms with E-state index in [1.54, 1.807) is 6.33 Å². The number of fused-ring (bicyclic) bond motifs is 1. The lowest BCUT2D eigenvalue weighted by Gasteiger charge is -2.35. The van der Waals surface area contributed by atoms with Crippen molar-refractivity contribution in [2.45, 2.75) is 25.7 Å². The molecular weight excluding hydrogens is 431 g/mol. The Morgan fingerprint density at radius 1 is 0.968 bits per heavy atom. The third-order valence-corrected chi connectivity index (χ3v) is 6.75. The maximum absolute atomic E-state index is 13.5. The van der Waals surface area contributed by atoms with E-state index >= 15 is 0 Å². The van der Waals surface area contributed by atoms with Crippen LogP contribution in [0.3, 0.4) is 0 Å². The van der Waals surface area contributed by atoms with Crippen LogP contribution in [-0.2, 0) is 4.79 Å². The molecule has 1 aliphatic heterocycles. The molecule has 0 atom stereocenters. The Kier molecular flexibility index (Phi) is 5.72. The highest BCUT2D eigenvalue weighted by molar-refractivity contribution is 6.31. The first-order valence-corrected chi connectivity index (χ1v) is 11.6. The number of hydrogen-bond donors (Lipinski definition) is 0. The minimum atomic E-state index is 0.0215. The van der Waals surface area contributed by atoms with Crippen molar-refractivity contribution in [2.24, 2.45) is 11.8 Å². The largest absolute Gasteiger partial charge is 0.356 e. The summed E-state index contributed by atoms with van der Waals surface area (Å²) in [5, 5.41) is 2.35. The van der Waals surface area contributed by atoms with Crippen molar-refractivity contribution in [3.8, 4) is 0 Å². The Morgan fingerprint density at radius 3 is 2.39 bits per heavy atom. The van der Waals surface area contributed by atoms with Gasteiger partial charge in [0.2, 0.25) is 5.91 Å². The molecule has 160 valence electrons. The summed E-state index contributed by atoms with van der Waals surface area (Å²) in [6, 6.07) is 13.3. The van der Waals surface area contributed by atoms with E-state index in [9.17, 15) is 4.79 Å². The summed E-state index contributed by atoms with van der Waals surface area (Å²) >= 11 is 12.2. The number of carbonyl (C=O) groups excluding carboxylic acids is 1. The Morgan fingerprint density at radius 2 is 1.68 bits per heavy atom. The van der Waals surface area contributed by atoms with E-state index < -0.39 is 0 Å². The number of halogens is 2. The number of piperidine rings is 1. The summed E-state index contributed by atoms with van der Waals surface area (Å²) in [6.45, 7) is 2.39. The van der Waals surface area contributed by atoms with Gasteiger partial charge in [-0.05, 0) is 74.1 Å². The number of benzene rings is 2. The van der Waals surface area contributed by atoms with E-state index in [2.05, 4.69) is 14.9 Å². The third-order valence-electron chi connectivity index (χ3n) is 6.26. The second kappa shape index (κ2) is 8.64. The van der Waals surface area contributed by atoms with E-state index in [1.807, 2.05) is 47.4 Å². The van der Waals surface area contributed by atoms with Crippen molar-refractivity contribution >= 4 is 51.5 Å². The Balaban J connectivity index is 1.31. The molecule has 5 nitrogen and oxygen atoms in total. The van der Waals surface area contributed by atoms with Crippen molar-refractivity contribution in [3.05, 3.63) is 58.8 Å². The molecule has 3 aromatic rings. The van der Waals surface area contributed by atoms with E-state index in [-0.39, 0.29) is 11.8 Å². The zero-order valence-corrected chi connectivity index (χ0v) is 18.7. The standard InChI is InChI=1S/C24H24Cl2N4O/c25-18-3-6-20(7-4-18)30(14-16-1-2-16)24(31)17-9-11-29(12-10-17)23-21-8-5-19(26)13-22(21)27-15-28-23/h3-8,13,15-17H,1-2,9-12,14H2. The highest BCUT2D eigenvalue weighted by Crippen LogP contribution is 2.34. The van der Waals surface area contributed by atoms with E-state index in [4.69, 9.17) is 23.2 Å². The normalized spacial score (nSPS) is 17.2. The number of nitrogens with zero attached hydrogens (tertiary/aromatic N) is 4. The van der Waals surface area contributed by atoms with Gasteiger partial charge in [0.25, 0.3) is 0 Å². The Bertz CT molecular complexity index is 1090. The maximum atomic E-state index is 13.5. The molecule has 0 spiro atoms. The van der Waals surface area contributed by atoms with Gasteiger partial charge in [0.15, 0.2) is 0 Å². The number of rotatable bonds is 5. The van der Waals surface area contributed by atoms with Crippen LogP contribution < -0.4 is 9.80 Å². The van der Waals surface area contributed by atoms with Gasteiger partial charge in [-0.2, -0.15) is 0 Å². The first kappa shape index (κ1) is 20.5. The molecule has 2 aliphatic rings. The number of aromatic nitrogens is 2. The van der Waals surface area contributed by atoms with Gasteiger partial charge < -0.3 is 9.80 Å². The van der Waals surface area contributed by atoms with Crippen LogP contribution >= 0.6 is 23.2 Å². The fourth-order valence-corrected chi connectivity index (χ4v) is 4.62. The predicted molar refractivity (Wildman–Crippen MR) is 126 cm³/mol. The van der Waals surface area contributed by atoms with E-state index in [0.717, 1.165) is 54.9 Å². The van der Waals surface area contributed by atoms with Gasteiger partial charge >= 0.3 is 0 Å². The fraction of sp³-hybridized carbons (Fsp3) is 0.375. The van der Waals surface area contributed by atoms with Crippen LogP contribution in [0.25, 0.3) is 10.9 Å². The molecule has 7 heteroatoms. The SMILES string of the molecule is O=C(C1CCN(c2ncnc3cc(Cl)ccc23)CC1)N(CC1CC1)c1ccc(Cl)cc1. The molecule has 2 heterocycles. The van der Waals surface area contributed by atoms with Crippen LogP contribution in [0.2, 0.25) is 10.0 Å². The molecule has 0 radical (unpaired) electrons. The monoisotopic (exact) mass is 454 g/mol. The van der Waals surface area contributed by atoms with Crippen molar-refractivity contribution in [3.63, 3.8) is 0 Å². The summed E-state index contributed by atoms with van der Waals surface area (Å²) in [5.41, 5.74) is 1.79. The maximum Gasteiger partial charge on any atom is 0.230 e. The highest BCUT2D eigenvalue weighted by atomic mass is 35.5. The van der Waals surface area contributed by atoms with E-state index in [1.165, 1.54) is 12.8 Å². The smallest absolute Gasteiger partial charge is 0.230 e. The Labute approximate surface area is 192 Å².